The van der Waals surface area contributed by atoms with E-state index >= 15 is 0 Å². The van der Waals surface area contributed by atoms with Crippen LogP contribution < -0.4 is 5.46 Å². The van der Waals surface area contributed by atoms with Crippen molar-refractivity contribution in [1.29, 1.82) is 0 Å². The van der Waals surface area contributed by atoms with Crippen molar-refractivity contribution in [3.8, 4) is 0 Å². The second-order valence-corrected chi connectivity index (χ2v) is 3.11. The molecule has 0 amide bonds. The van der Waals surface area contributed by atoms with Crippen molar-refractivity contribution in [2.45, 2.75) is 32.5 Å². The lowest BCUT2D eigenvalue weighted by Gasteiger charge is -1.97. The molecule has 1 aromatic carbocycles. The summed E-state index contributed by atoms with van der Waals surface area (Å²) in [4.78, 5) is 0. The summed E-state index contributed by atoms with van der Waals surface area (Å²) in [6, 6.07) is 10.6. The smallest absolute Gasteiger partial charge is 0.0878 e. The van der Waals surface area contributed by atoms with E-state index in [9.17, 15) is 0 Å². The molecule has 0 N–H and O–H groups in total. The van der Waals surface area contributed by atoms with Gasteiger partial charge in [-0.2, -0.15) is 0 Å². The lowest BCUT2D eigenvalue weighted by Crippen LogP contribution is -2.12. The van der Waals surface area contributed by atoms with Crippen molar-refractivity contribution in [3.05, 3.63) is 30.3 Å². The molecule has 0 spiro atoms. The Labute approximate surface area is 76.2 Å². The van der Waals surface area contributed by atoms with Crippen molar-refractivity contribution in [2.75, 3.05) is 0 Å². The maximum atomic E-state index is 2.32. The topological polar surface area (TPSA) is 0 Å². The molecule has 1 rings (SSSR count). The Morgan fingerprint density at radius 3 is 2.50 bits per heavy atom. The van der Waals surface area contributed by atoms with Crippen LogP contribution in [0.4, 0.5) is 0 Å². The van der Waals surface area contributed by atoms with Gasteiger partial charge in [0.05, 0.1) is 0 Å². The minimum Gasteiger partial charge on any atom is -0.0878 e. The first-order chi connectivity index (χ1) is 5.93. The van der Waals surface area contributed by atoms with E-state index in [-0.39, 0.29) is 0 Å². The van der Waals surface area contributed by atoms with Crippen LogP contribution in [0.25, 0.3) is 0 Å². The van der Waals surface area contributed by atoms with Crippen molar-refractivity contribution >= 4 is 12.7 Å². The van der Waals surface area contributed by atoms with E-state index in [2.05, 4.69) is 44.5 Å². The summed E-state index contributed by atoms with van der Waals surface area (Å²) < 4.78 is 0. The Morgan fingerprint density at radius 2 is 1.83 bits per heavy atom. The SMILES string of the molecule is CCCCC[B]c1ccccc1. The summed E-state index contributed by atoms with van der Waals surface area (Å²) in [5, 5.41) is 0. The minimum atomic E-state index is 1.22. The van der Waals surface area contributed by atoms with Gasteiger partial charge in [-0.05, 0) is 0 Å². The molecule has 63 valence electrons. The average molecular weight is 159 g/mol. The van der Waals surface area contributed by atoms with E-state index in [0.29, 0.717) is 0 Å². The van der Waals surface area contributed by atoms with Gasteiger partial charge in [-0.25, -0.2) is 0 Å². The van der Waals surface area contributed by atoms with Crippen molar-refractivity contribution in [2.24, 2.45) is 0 Å². The quantitative estimate of drug-likeness (QED) is 0.457. The van der Waals surface area contributed by atoms with Crippen LogP contribution in [0.5, 0.6) is 0 Å². The third-order valence-corrected chi connectivity index (χ3v) is 1.99. The summed E-state index contributed by atoms with van der Waals surface area (Å²) in [5.41, 5.74) is 1.36. The molecule has 0 saturated heterocycles. The number of benzene rings is 1. The molecule has 1 heteroatoms. The summed E-state index contributed by atoms with van der Waals surface area (Å²) in [5.74, 6) is 0. The molecular weight excluding hydrogens is 143 g/mol. The Morgan fingerprint density at radius 1 is 1.08 bits per heavy atom. The van der Waals surface area contributed by atoms with Crippen molar-refractivity contribution in [3.63, 3.8) is 0 Å². The zero-order valence-electron chi connectivity index (χ0n) is 7.79. The molecule has 0 aliphatic carbocycles. The number of rotatable bonds is 5. The summed E-state index contributed by atoms with van der Waals surface area (Å²) >= 11 is 0. The van der Waals surface area contributed by atoms with Gasteiger partial charge >= 0.3 is 0 Å². The van der Waals surface area contributed by atoms with Crippen molar-refractivity contribution < 1.29 is 0 Å². The lowest BCUT2D eigenvalue weighted by atomic mass is 9.66. The molecule has 0 nitrogen and oxygen atoms in total. The molecule has 0 heterocycles. The van der Waals surface area contributed by atoms with Crippen LogP contribution >= 0.6 is 0 Å². The molecule has 12 heavy (non-hydrogen) atoms. The van der Waals surface area contributed by atoms with Gasteiger partial charge in [0, 0.05) is 0 Å². The highest BCUT2D eigenvalue weighted by Crippen LogP contribution is 1.98. The van der Waals surface area contributed by atoms with Gasteiger partial charge in [0.1, 0.15) is 0 Å². The zero-order valence-corrected chi connectivity index (χ0v) is 7.79. The molecule has 0 aliphatic heterocycles. The Hall–Kier alpha value is -0.715. The molecule has 0 aromatic heterocycles. The fourth-order valence-corrected chi connectivity index (χ4v) is 1.25. The maximum absolute atomic E-state index is 2.32. The monoisotopic (exact) mass is 159 g/mol. The predicted octanol–water partition coefficient (Wildman–Crippen LogP) is 2.62. The van der Waals surface area contributed by atoms with E-state index in [1.165, 1.54) is 31.0 Å². The number of unbranched alkanes of at least 4 members (excludes halogenated alkanes) is 2. The molecule has 0 aliphatic rings. The molecule has 1 aromatic rings. The highest BCUT2D eigenvalue weighted by molar-refractivity contribution is 6.53. The standard InChI is InChI=1S/C11H16B/c1-2-3-7-10-12-11-8-5-4-6-9-11/h4-6,8-9H,2-3,7,10H2,1H3. The summed E-state index contributed by atoms with van der Waals surface area (Å²) in [6.07, 6.45) is 5.20. The second kappa shape index (κ2) is 5.88. The van der Waals surface area contributed by atoms with E-state index in [1.54, 1.807) is 0 Å². The molecule has 0 fully saturated rings. The van der Waals surface area contributed by atoms with Crippen LogP contribution in [0.15, 0.2) is 30.3 Å². The van der Waals surface area contributed by atoms with Gasteiger partial charge in [0.15, 0.2) is 7.28 Å². The maximum Gasteiger partial charge on any atom is 0.151 e. The fraction of sp³-hybridized carbons (Fsp3) is 0.455. The van der Waals surface area contributed by atoms with E-state index < -0.39 is 0 Å². The largest absolute Gasteiger partial charge is 0.151 e. The second-order valence-electron chi connectivity index (χ2n) is 3.11. The molecule has 1 radical (unpaired) electrons. The van der Waals surface area contributed by atoms with E-state index in [1.807, 2.05) is 0 Å². The Kier molecular flexibility index (Phi) is 4.59. The molecule has 0 unspecified atom stereocenters. The molecule has 0 atom stereocenters. The first-order valence-corrected chi connectivity index (χ1v) is 4.81. The third kappa shape index (κ3) is 3.61. The van der Waals surface area contributed by atoms with Gasteiger partial charge in [-0.1, -0.05) is 68.3 Å². The summed E-state index contributed by atoms with van der Waals surface area (Å²) in [7, 11) is 2.32. The minimum absolute atomic E-state index is 1.22. The zero-order chi connectivity index (χ0) is 8.65. The fourth-order valence-electron chi connectivity index (χ4n) is 1.25. The van der Waals surface area contributed by atoms with Crippen LogP contribution in [0.1, 0.15) is 26.2 Å². The highest BCUT2D eigenvalue weighted by atomic mass is 13.8. The average Bonchev–Trinajstić information content (AvgIpc) is 2.14. The van der Waals surface area contributed by atoms with Crippen LogP contribution in [0.3, 0.4) is 0 Å². The Balaban J connectivity index is 2.16. The number of hydrogen-bond donors (Lipinski definition) is 0. The van der Waals surface area contributed by atoms with Crippen LogP contribution in [-0.4, -0.2) is 7.28 Å². The van der Waals surface area contributed by atoms with Crippen molar-refractivity contribution in [1.82, 2.24) is 0 Å². The van der Waals surface area contributed by atoms with E-state index in [0.717, 1.165) is 0 Å². The third-order valence-electron chi connectivity index (χ3n) is 1.99. The predicted molar refractivity (Wildman–Crippen MR) is 56.2 cm³/mol. The van der Waals surface area contributed by atoms with E-state index in [4.69, 9.17) is 0 Å². The van der Waals surface area contributed by atoms with Gasteiger partial charge in [-0.3, -0.25) is 0 Å². The summed E-state index contributed by atoms with van der Waals surface area (Å²) in [6.45, 7) is 2.24. The van der Waals surface area contributed by atoms with Crippen LogP contribution in [0, 0.1) is 0 Å². The molecule has 0 saturated carbocycles. The highest BCUT2D eigenvalue weighted by Gasteiger charge is 1.92. The van der Waals surface area contributed by atoms with Crippen LogP contribution in [0.2, 0.25) is 6.32 Å². The first kappa shape index (κ1) is 9.37. The van der Waals surface area contributed by atoms with Gasteiger partial charge in [0.2, 0.25) is 0 Å². The number of hydrogen-bond acceptors (Lipinski definition) is 0. The van der Waals surface area contributed by atoms with Gasteiger partial charge < -0.3 is 0 Å². The Bertz CT molecular complexity index is 193. The van der Waals surface area contributed by atoms with Gasteiger partial charge in [0.25, 0.3) is 0 Å². The van der Waals surface area contributed by atoms with Crippen LogP contribution in [-0.2, 0) is 0 Å². The molecule has 0 bridgehead atoms. The molecular formula is C11H16B. The lowest BCUT2D eigenvalue weighted by molar-refractivity contribution is 0.769. The first-order valence-electron chi connectivity index (χ1n) is 4.81. The normalized spacial score (nSPS) is 9.75. The van der Waals surface area contributed by atoms with Gasteiger partial charge in [-0.15, -0.1) is 0 Å².